The van der Waals surface area contributed by atoms with Gasteiger partial charge in [-0.3, -0.25) is 0 Å². The maximum Gasteiger partial charge on any atom is 0.0401 e. The van der Waals surface area contributed by atoms with Crippen molar-refractivity contribution >= 4 is 49.3 Å². The standard InChI is InChI=1S/C14H13Br2NS/c1-18-12-4-2-3-11(8-12)17-9-10-5-6-13(15)14(16)7-10/h2-8,17H,9H2,1H3. The van der Waals surface area contributed by atoms with Gasteiger partial charge in [-0.2, -0.15) is 0 Å². The molecule has 0 bridgehead atoms. The molecule has 0 radical (unpaired) electrons. The summed E-state index contributed by atoms with van der Waals surface area (Å²) in [6.45, 7) is 0.823. The molecule has 0 spiro atoms. The average Bonchev–Trinajstić information content (AvgIpc) is 2.40. The smallest absolute Gasteiger partial charge is 0.0401 e. The van der Waals surface area contributed by atoms with Crippen molar-refractivity contribution in [3.63, 3.8) is 0 Å². The Kier molecular flexibility index (Phi) is 5.15. The highest BCUT2D eigenvalue weighted by Crippen LogP contribution is 2.24. The monoisotopic (exact) mass is 385 g/mol. The van der Waals surface area contributed by atoms with E-state index < -0.39 is 0 Å². The number of benzene rings is 2. The second-order valence-electron chi connectivity index (χ2n) is 3.83. The highest BCUT2D eigenvalue weighted by atomic mass is 79.9. The Morgan fingerprint density at radius 1 is 1.06 bits per heavy atom. The van der Waals surface area contributed by atoms with E-state index in [9.17, 15) is 0 Å². The van der Waals surface area contributed by atoms with Crippen LogP contribution in [-0.2, 0) is 6.54 Å². The number of thioether (sulfide) groups is 1. The lowest BCUT2D eigenvalue weighted by Gasteiger charge is -2.08. The molecule has 0 aromatic heterocycles. The lowest BCUT2D eigenvalue weighted by Crippen LogP contribution is -1.99. The van der Waals surface area contributed by atoms with Gasteiger partial charge in [0.1, 0.15) is 0 Å². The van der Waals surface area contributed by atoms with Crippen LogP contribution in [0.4, 0.5) is 5.69 Å². The van der Waals surface area contributed by atoms with Gasteiger partial charge in [0, 0.05) is 26.1 Å². The first kappa shape index (κ1) is 14.0. The van der Waals surface area contributed by atoms with Crippen molar-refractivity contribution in [1.29, 1.82) is 0 Å². The molecule has 2 aromatic carbocycles. The summed E-state index contributed by atoms with van der Waals surface area (Å²) in [6, 6.07) is 14.7. The van der Waals surface area contributed by atoms with Crippen LogP contribution < -0.4 is 5.32 Å². The van der Waals surface area contributed by atoms with E-state index >= 15 is 0 Å². The number of nitrogens with one attached hydrogen (secondary N) is 1. The van der Waals surface area contributed by atoms with Crippen molar-refractivity contribution in [3.8, 4) is 0 Å². The van der Waals surface area contributed by atoms with Gasteiger partial charge in [0.25, 0.3) is 0 Å². The van der Waals surface area contributed by atoms with Gasteiger partial charge in [-0.15, -0.1) is 11.8 Å². The zero-order valence-electron chi connectivity index (χ0n) is 9.91. The average molecular weight is 387 g/mol. The second kappa shape index (κ2) is 6.64. The summed E-state index contributed by atoms with van der Waals surface area (Å²) in [5.41, 5.74) is 2.40. The highest BCUT2D eigenvalue weighted by molar-refractivity contribution is 9.13. The lowest BCUT2D eigenvalue weighted by molar-refractivity contribution is 1.14. The molecular formula is C14H13Br2NS. The van der Waals surface area contributed by atoms with Gasteiger partial charge in [0.05, 0.1) is 0 Å². The minimum absolute atomic E-state index is 0.823. The molecule has 0 fully saturated rings. The molecule has 0 aliphatic rings. The zero-order valence-corrected chi connectivity index (χ0v) is 13.9. The van der Waals surface area contributed by atoms with E-state index in [1.54, 1.807) is 11.8 Å². The molecule has 0 heterocycles. The van der Waals surface area contributed by atoms with Crippen molar-refractivity contribution in [3.05, 3.63) is 57.0 Å². The fourth-order valence-corrected chi connectivity index (χ4v) is 2.72. The summed E-state index contributed by atoms with van der Waals surface area (Å²) in [5, 5.41) is 3.43. The van der Waals surface area contributed by atoms with Gasteiger partial charge < -0.3 is 5.32 Å². The SMILES string of the molecule is CSc1cccc(NCc2ccc(Br)c(Br)c2)c1. The first-order valence-corrected chi connectivity index (χ1v) is 8.32. The summed E-state index contributed by atoms with van der Waals surface area (Å²) >= 11 is 8.75. The fourth-order valence-electron chi connectivity index (χ4n) is 1.59. The van der Waals surface area contributed by atoms with Crippen molar-refractivity contribution < 1.29 is 0 Å². The van der Waals surface area contributed by atoms with Gasteiger partial charge in [-0.05, 0) is 74.0 Å². The predicted molar refractivity (Wildman–Crippen MR) is 87.4 cm³/mol. The Balaban J connectivity index is 2.04. The molecule has 0 aliphatic carbocycles. The Morgan fingerprint density at radius 2 is 1.89 bits per heavy atom. The molecule has 0 aliphatic heterocycles. The van der Waals surface area contributed by atoms with Crippen LogP contribution in [0.5, 0.6) is 0 Å². The van der Waals surface area contributed by atoms with Crippen LogP contribution in [0.3, 0.4) is 0 Å². The summed E-state index contributed by atoms with van der Waals surface area (Å²) in [7, 11) is 0. The van der Waals surface area contributed by atoms with E-state index in [0.717, 1.165) is 21.2 Å². The van der Waals surface area contributed by atoms with Crippen LogP contribution in [0.1, 0.15) is 5.56 Å². The molecule has 4 heteroatoms. The van der Waals surface area contributed by atoms with E-state index in [1.165, 1.54) is 10.5 Å². The summed E-state index contributed by atoms with van der Waals surface area (Å²) in [5.74, 6) is 0. The predicted octanol–water partition coefficient (Wildman–Crippen LogP) is 5.55. The van der Waals surface area contributed by atoms with Crippen LogP contribution in [0.15, 0.2) is 56.3 Å². The third kappa shape index (κ3) is 3.77. The first-order valence-electron chi connectivity index (χ1n) is 5.51. The summed E-state index contributed by atoms with van der Waals surface area (Å²) in [6.07, 6.45) is 2.09. The van der Waals surface area contributed by atoms with Crippen molar-refractivity contribution in [1.82, 2.24) is 0 Å². The minimum atomic E-state index is 0.823. The first-order chi connectivity index (χ1) is 8.69. The van der Waals surface area contributed by atoms with E-state index in [0.29, 0.717) is 0 Å². The maximum atomic E-state index is 3.52. The number of halogens is 2. The van der Waals surface area contributed by atoms with Crippen LogP contribution in [0.2, 0.25) is 0 Å². The molecule has 1 nitrogen and oxygen atoms in total. The molecule has 18 heavy (non-hydrogen) atoms. The second-order valence-corrected chi connectivity index (χ2v) is 6.42. The minimum Gasteiger partial charge on any atom is -0.381 e. The normalized spacial score (nSPS) is 10.4. The van der Waals surface area contributed by atoms with Gasteiger partial charge in [-0.25, -0.2) is 0 Å². The van der Waals surface area contributed by atoms with Crippen molar-refractivity contribution in [2.75, 3.05) is 11.6 Å². The Morgan fingerprint density at radius 3 is 2.61 bits per heavy atom. The van der Waals surface area contributed by atoms with Crippen molar-refractivity contribution in [2.45, 2.75) is 11.4 Å². The van der Waals surface area contributed by atoms with Gasteiger partial charge in [0.2, 0.25) is 0 Å². The van der Waals surface area contributed by atoms with E-state index in [1.807, 2.05) is 0 Å². The molecular weight excluding hydrogens is 374 g/mol. The Hall–Kier alpha value is -0.450. The van der Waals surface area contributed by atoms with E-state index in [4.69, 9.17) is 0 Å². The van der Waals surface area contributed by atoms with Crippen LogP contribution >= 0.6 is 43.6 Å². The quantitative estimate of drug-likeness (QED) is 0.691. The molecule has 94 valence electrons. The van der Waals surface area contributed by atoms with Crippen LogP contribution in [-0.4, -0.2) is 6.26 Å². The number of rotatable bonds is 4. The van der Waals surface area contributed by atoms with E-state index in [-0.39, 0.29) is 0 Å². The fraction of sp³-hybridized carbons (Fsp3) is 0.143. The number of anilines is 1. The molecule has 0 atom stereocenters. The van der Waals surface area contributed by atoms with Crippen LogP contribution in [0, 0.1) is 0 Å². The zero-order chi connectivity index (χ0) is 13.0. The van der Waals surface area contributed by atoms with Gasteiger partial charge in [0.15, 0.2) is 0 Å². The molecule has 0 saturated heterocycles. The summed E-state index contributed by atoms with van der Waals surface area (Å²) < 4.78 is 2.16. The largest absolute Gasteiger partial charge is 0.381 e. The van der Waals surface area contributed by atoms with Crippen molar-refractivity contribution in [2.24, 2.45) is 0 Å². The topological polar surface area (TPSA) is 12.0 Å². The Labute approximate surface area is 129 Å². The number of hydrogen-bond acceptors (Lipinski definition) is 2. The molecule has 0 amide bonds. The highest BCUT2D eigenvalue weighted by Gasteiger charge is 1.99. The van der Waals surface area contributed by atoms with E-state index in [2.05, 4.69) is 85.9 Å². The Bertz CT molecular complexity index is 543. The van der Waals surface area contributed by atoms with Crippen LogP contribution in [0.25, 0.3) is 0 Å². The summed E-state index contributed by atoms with van der Waals surface area (Å²) in [4.78, 5) is 1.27. The molecule has 0 unspecified atom stereocenters. The maximum absolute atomic E-state index is 3.52. The molecule has 0 saturated carbocycles. The lowest BCUT2D eigenvalue weighted by atomic mass is 10.2. The molecule has 2 aromatic rings. The number of hydrogen-bond donors (Lipinski definition) is 1. The molecule has 1 N–H and O–H groups in total. The third-order valence-corrected chi connectivity index (χ3v) is 5.16. The third-order valence-electron chi connectivity index (χ3n) is 2.55. The van der Waals surface area contributed by atoms with Gasteiger partial charge in [-0.1, -0.05) is 12.1 Å². The van der Waals surface area contributed by atoms with Gasteiger partial charge >= 0.3 is 0 Å². The molecule has 2 rings (SSSR count).